The summed E-state index contributed by atoms with van der Waals surface area (Å²) in [5, 5.41) is 29.6. The second kappa shape index (κ2) is 9.76. The maximum atomic E-state index is 10.8. The molecule has 0 aromatic carbocycles. The summed E-state index contributed by atoms with van der Waals surface area (Å²) in [6.07, 6.45) is -5.88. The van der Waals surface area contributed by atoms with E-state index in [9.17, 15) is 28.2 Å². The first-order valence-electron chi connectivity index (χ1n) is 4.97. The molecule has 0 fully saturated rings. The summed E-state index contributed by atoms with van der Waals surface area (Å²) in [6, 6.07) is -1.59. The molecule has 0 aliphatic heterocycles. The second-order valence-electron chi connectivity index (χ2n) is 3.59. The minimum absolute atomic E-state index is 0. The van der Waals surface area contributed by atoms with Crippen molar-refractivity contribution in [1.82, 2.24) is 5.32 Å². The fraction of sp³-hybridized carbons (Fsp3) is 0.750. The third kappa shape index (κ3) is 8.24. The van der Waals surface area contributed by atoms with Crippen LogP contribution in [0.4, 0.5) is 0 Å². The molecule has 4 atom stereocenters. The van der Waals surface area contributed by atoms with E-state index in [1.54, 1.807) is 0 Å². The number of nitrogens with one attached hydrogen (secondary N) is 1. The molecule has 0 saturated heterocycles. The fourth-order valence-electron chi connectivity index (χ4n) is 1.23. The van der Waals surface area contributed by atoms with Crippen LogP contribution in [-0.4, -0.2) is 101 Å². The van der Waals surface area contributed by atoms with Gasteiger partial charge in [-0.05, 0) is 0 Å². The molecule has 0 saturated carbocycles. The molecule has 0 heterocycles. The molecule has 0 aromatic rings. The zero-order chi connectivity index (χ0) is 15.2. The van der Waals surface area contributed by atoms with E-state index in [4.69, 9.17) is 9.66 Å². The quantitative estimate of drug-likeness (QED) is 0.171. The van der Waals surface area contributed by atoms with Crippen LogP contribution in [0.25, 0.3) is 0 Å². The predicted octanol–water partition coefficient (Wildman–Crippen LogP) is -3.79. The van der Waals surface area contributed by atoms with Crippen LogP contribution < -0.4 is 5.32 Å². The number of hydrogen-bond acceptors (Lipinski definition) is 8. The molecule has 10 nitrogen and oxygen atoms in total. The van der Waals surface area contributed by atoms with E-state index in [1.165, 1.54) is 0 Å². The molecule has 5 N–H and O–H groups in total. The van der Waals surface area contributed by atoms with E-state index in [1.807, 2.05) is 5.32 Å². The van der Waals surface area contributed by atoms with E-state index >= 15 is 0 Å². The van der Waals surface area contributed by atoms with Gasteiger partial charge in [0.15, 0.2) is 0 Å². The van der Waals surface area contributed by atoms with Gasteiger partial charge in [0.2, 0.25) is 5.91 Å². The minimum atomic E-state index is -5.05. The SMILES string of the molecule is CC(=O)N[C@@H](C=O)[C@@H](O)[C@@H](OS(=O)(=O)O)[C@H](O)CO.[Na]. The summed E-state index contributed by atoms with van der Waals surface area (Å²) in [6.45, 7) is 0.0211. The van der Waals surface area contributed by atoms with Gasteiger partial charge in [-0.25, -0.2) is 4.18 Å². The van der Waals surface area contributed by atoms with Gasteiger partial charge in [0.05, 0.1) is 6.61 Å². The van der Waals surface area contributed by atoms with Gasteiger partial charge in [-0.15, -0.1) is 0 Å². The number of rotatable bonds is 8. The summed E-state index contributed by atoms with van der Waals surface area (Å²) in [5.74, 6) is -0.708. The summed E-state index contributed by atoms with van der Waals surface area (Å²) in [7, 11) is -5.05. The Morgan fingerprint density at radius 1 is 1.40 bits per heavy atom. The Morgan fingerprint density at radius 2 is 1.90 bits per heavy atom. The van der Waals surface area contributed by atoms with Gasteiger partial charge in [0, 0.05) is 36.5 Å². The molecule has 0 rings (SSSR count). The van der Waals surface area contributed by atoms with Gasteiger partial charge in [-0.2, -0.15) is 8.42 Å². The van der Waals surface area contributed by atoms with Crippen molar-refractivity contribution in [3.8, 4) is 0 Å². The number of amides is 1. The Bertz CT molecular complexity index is 414. The van der Waals surface area contributed by atoms with Gasteiger partial charge < -0.3 is 25.4 Å². The molecule has 0 unspecified atom stereocenters. The van der Waals surface area contributed by atoms with Crippen molar-refractivity contribution in [1.29, 1.82) is 0 Å². The first kappa shape index (κ1) is 22.2. The first-order valence-corrected chi connectivity index (χ1v) is 6.34. The Hall–Kier alpha value is -0.110. The van der Waals surface area contributed by atoms with Crippen molar-refractivity contribution >= 4 is 52.1 Å². The zero-order valence-corrected chi connectivity index (χ0v) is 13.6. The van der Waals surface area contributed by atoms with Gasteiger partial charge in [-0.1, -0.05) is 0 Å². The number of carbonyl (C=O) groups is 2. The number of hydrogen-bond donors (Lipinski definition) is 5. The number of aldehydes is 1. The smallest absolute Gasteiger partial charge is 0.394 e. The molecule has 0 spiro atoms. The van der Waals surface area contributed by atoms with Gasteiger partial charge in [0.25, 0.3) is 0 Å². The molecule has 0 aliphatic carbocycles. The third-order valence-electron chi connectivity index (χ3n) is 2.02. The van der Waals surface area contributed by atoms with Gasteiger partial charge in [0.1, 0.15) is 30.6 Å². The summed E-state index contributed by atoms with van der Waals surface area (Å²) >= 11 is 0. The molecule has 0 aromatic heterocycles. The van der Waals surface area contributed by atoms with E-state index in [0.717, 1.165) is 6.92 Å². The maximum Gasteiger partial charge on any atom is 0.397 e. The molecular formula is C8H15NNaO9S. The Labute approximate surface area is 137 Å². The van der Waals surface area contributed by atoms with E-state index in [2.05, 4.69) is 4.18 Å². The molecule has 12 heteroatoms. The topological polar surface area (TPSA) is 170 Å². The first-order chi connectivity index (χ1) is 8.62. The van der Waals surface area contributed by atoms with Crippen LogP contribution in [0.15, 0.2) is 0 Å². The van der Waals surface area contributed by atoms with Crippen LogP contribution in [0.2, 0.25) is 0 Å². The molecule has 1 amide bonds. The van der Waals surface area contributed by atoms with Crippen LogP contribution in [0.1, 0.15) is 6.92 Å². The summed E-state index contributed by atoms with van der Waals surface area (Å²) in [5.41, 5.74) is 0. The monoisotopic (exact) mass is 324 g/mol. The molecule has 0 aliphatic rings. The van der Waals surface area contributed by atoms with Gasteiger partial charge in [-0.3, -0.25) is 9.35 Å². The largest absolute Gasteiger partial charge is 0.397 e. The fourth-order valence-corrected chi connectivity index (χ4v) is 1.75. The van der Waals surface area contributed by atoms with E-state index in [0.29, 0.717) is 0 Å². The van der Waals surface area contributed by atoms with Crippen LogP contribution >= 0.6 is 0 Å². The summed E-state index contributed by atoms with van der Waals surface area (Å²) in [4.78, 5) is 21.4. The van der Waals surface area contributed by atoms with E-state index in [-0.39, 0.29) is 35.8 Å². The van der Waals surface area contributed by atoms with Crippen LogP contribution in [0.5, 0.6) is 0 Å². The number of aliphatic hydroxyl groups excluding tert-OH is 3. The molecule has 1 radical (unpaired) electrons. The van der Waals surface area contributed by atoms with Crippen molar-refractivity contribution in [2.24, 2.45) is 0 Å². The van der Waals surface area contributed by atoms with Crippen molar-refractivity contribution in [2.45, 2.75) is 31.3 Å². The van der Waals surface area contributed by atoms with Crippen LogP contribution in [0, 0.1) is 0 Å². The normalized spacial score (nSPS) is 17.2. The third-order valence-corrected chi connectivity index (χ3v) is 2.49. The van der Waals surface area contributed by atoms with E-state index < -0.39 is 47.3 Å². The number of carbonyl (C=O) groups excluding carboxylic acids is 2. The van der Waals surface area contributed by atoms with Crippen molar-refractivity contribution < 1.29 is 42.1 Å². The number of aliphatic hydroxyl groups is 3. The predicted molar refractivity (Wildman–Crippen MR) is 64.9 cm³/mol. The van der Waals surface area contributed by atoms with Crippen molar-refractivity contribution in [3.05, 3.63) is 0 Å². The Kier molecular flexibility index (Phi) is 10.8. The molecule has 113 valence electrons. The zero-order valence-electron chi connectivity index (χ0n) is 10.8. The standard InChI is InChI=1S/C8H15NO9S.Na/c1-4(12)9-5(2-10)7(14)8(6(13)3-11)18-19(15,16)17;/h2,5-8,11,13-14H,3H2,1H3,(H,9,12)(H,15,16,17);/t5-,6+,7+,8-;/m0./s1. The maximum absolute atomic E-state index is 10.8. The average Bonchev–Trinajstić information content (AvgIpc) is 2.29. The van der Waals surface area contributed by atoms with Gasteiger partial charge >= 0.3 is 10.4 Å². The molecular weight excluding hydrogens is 309 g/mol. The van der Waals surface area contributed by atoms with Crippen LogP contribution in [0.3, 0.4) is 0 Å². The summed E-state index contributed by atoms with van der Waals surface area (Å²) < 4.78 is 33.6. The van der Waals surface area contributed by atoms with Crippen molar-refractivity contribution in [2.75, 3.05) is 6.61 Å². The van der Waals surface area contributed by atoms with Crippen molar-refractivity contribution in [3.63, 3.8) is 0 Å². The molecule has 20 heavy (non-hydrogen) atoms. The minimum Gasteiger partial charge on any atom is -0.394 e. The average molecular weight is 324 g/mol. The Morgan fingerprint density at radius 3 is 2.20 bits per heavy atom. The Balaban J connectivity index is 0. The van der Waals surface area contributed by atoms with Crippen LogP contribution in [-0.2, 0) is 24.2 Å². The molecule has 0 bridgehead atoms. The second-order valence-corrected chi connectivity index (χ2v) is 4.64.